The molecule has 0 spiro atoms. The molecule has 2 amide bonds. The summed E-state index contributed by atoms with van der Waals surface area (Å²) in [5, 5.41) is 3.36. The van der Waals surface area contributed by atoms with Crippen LogP contribution in [0.1, 0.15) is 56.7 Å². The van der Waals surface area contributed by atoms with Gasteiger partial charge in [0, 0.05) is 18.1 Å². The topological polar surface area (TPSA) is 86.8 Å². The fraction of sp³-hybridized carbons (Fsp3) is 0.355. The largest absolute Gasteiger partial charge is 0.355 e. The number of aryl methyl sites for hydroxylation is 1. The Balaban J connectivity index is 2.06. The molecule has 7 nitrogen and oxygen atoms in total. The molecule has 0 unspecified atom stereocenters. The molecule has 214 valence electrons. The van der Waals surface area contributed by atoms with Crippen molar-refractivity contribution in [3.8, 4) is 0 Å². The lowest BCUT2D eigenvalue weighted by atomic mass is 10.0. The molecule has 0 fully saturated rings. The monoisotopic (exact) mass is 583 g/mol. The summed E-state index contributed by atoms with van der Waals surface area (Å²) in [7, 11) is -4.11. The van der Waals surface area contributed by atoms with Gasteiger partial charge in [-0.05, 0) is 73.7 Å². The van der Waals surface area contributed by atoms with E-state index in [9.17, 15) is 18.0 Å². The number of hydrogen-bond acceptors (Lipinski definition) is 4. The van der Waals surface area contributed by atoms with E-state index in [1.165, 1.54) is 4.90 Å². The summed E-state index contributed by atoms with van der Waals surface area (Å²) in [5.74, 6) is -0.520. The maximum Gasteiger partial charge on any atom is 0.264 e. The van der Waals surface area contributed by atoms with Gasteiger partial charge in [-0.25, -0.2) is 8.42 Å². The van der Waals surface area contributed by atoms with Crippen molar-refractivity contribution in [1.82, 2.24) is 10.2 Å². The Kier molecular flexibility index (Phi) is 10.8. The average Bonchev–Trinajstić information content (AvgIpc) is 2.93. The van der Waals surface area contributed by atoms with Crippen LogP contribution in [0.5, 0.6) is 0 Å². The molecule has 0 heterocycles. The van der Waals surface area contributed by atoms with E-state index in [1.807, 2.05) is 32.9 Å². The number of carbonyl (C=O) groups is 2. The van der Waals surface area contributed by atoms with Crippen LogP contribution in [0.25, 0.3) is 0 Å². The molecule has 40 heavy (non-hydrogen) atoms. The number of benzene rings is 3. The van der Waals surface area contributed by atoms with E-state index in [-0.39, 0.29) is 23.3 Å². The highest BCUT2D eigenvalue weighted by molar-refractivity contribution is 7.92. The maximum absolute atomic E-state index is 14.0. The minimum Gasteiger partial charge on any atom is -0.355 e. The molecule has 0 saturated heterocycles. The Labute approximate surface area is 243 Å². The fourth-order valence-electron chi connectivity index (χ4n) is 4.39. The zero-order valence-electron chi connectivity index (χ0n) is 23.7. The zero-order chi connectivity index (χ0) is 29.4. The van der Waals surface area contributed by atoms with E-state index in [0.29, 0.717) is 23.7 Å². The highest BCUT2D eigenvalue weighted by Crippen LogP contribution is 2.27. The van der Waals surface area contributed by atoms with Crippen molar-refractivity contribution in [3.63, 3.8) is 0 Å². The molecule has 0 aliphatic heterocycles. The van der Waals surface area contributed by atoms with Gasteiger partial charge >= 0.3 is 0 Å². The Morgan fingerprint density at radius 3 is 2.02 bits per heavy atom. The van der Waals surface area contributed by atoms with Crippen molar-refractivity contribution in [2.24, 2.45) is 0 Å². The number of rotatable bonds is 12. The summed E-state index contributed by atoms with van der Waals surface area (Å²) < 4.78 is 29.0. The maximum atomic E-state index is 14.0. The van der Waals surface area contributed by atoms with Crippen LogP contribution in [0.4, 0.5) is 5.69 Å². The second-order valence-electron chi connectivity index (χ2n) is 10.0. The molecule has 1 N–H and O–H groups in total. The van der Waals surface area contributed by atoms with Crippen molar-refractivity contribution in [1.29, 1.82) is 0 Å². The third-order valence-electron chi connectivity index (χ3n) is 6.74. The van der Waals surface area contributed by atoms with Crippen LogP contribution in [-0.2, 0) is 26.2 Å². The van der Waals surface area contributed by atoms with E-state index in [4.69, 9.17) is 11.6 Å². The molecule has 9 heteroatoms. The number of hydrogen-bond donors (Lipinski definition) is 1. The minimum absolute atomic E-state index is 0.0823. The first-order chi connectivity index (χ1) is 19.0. The zero-order valence-corrected chi connectivity index (χ0v) is 25.3. The lowest BCUT2D eigenvalue weighted by Gasteiger charge is -2.33. The van der Waals surface area contributed by atoms with Gasteiger partial charge < -0.3 is 10.2 Å². The Bertz CT molecular complexity index is 1390. The van der Waals surface area contributed by atoms with Gasteiger partial charge in [0.25, 0.3) is 10.0 Å². The molecule has 0 bridgehead atoms. The molecule has 1 atom stereocenters. The highest BCUT2D eigenvalue weighted by Gasteiger charge is 2.33. The molecule has 0 saturated carbocycles. The van der Waals surface area contributed by atoms with Gasteiger partial charge in [-0.3, -0.25) is 13.9 Å². The standard InChI is InChI=1S/C31H38ClN3O4S/c1-6-29(31(37)33-7-2)34(20-24-10-14-26(32)15-11-24)30(36)21-35(27-16-12-25(13-17-27)22(3)4)40(38,39)28-18-8-23(5)9-19-28/h8-19,22,29H,6-7,20-21H2,1-5H3,(H,33,37)/t29-/m1/s1. The van der Waals surface area contributed by atoms with Gasteiger partial charge in [0.2, 0.25) is 11.8 Å². The number of likely N-dealkylation sites (N-methyl/N-ethyl adjacent to an activating group) is 1. The minimum atomic E-state index is -4.11. The van der Waals surface area contributed by atoms with Gasteiger partial charge in [-0.2, -0.15) is 0 Å². The van der Waals surface area contributed by atoms with E-state index >= 15 is 0 Å². The molecule has 0 aliphatic carbocycles. The van der Waals surface area contributed by atoms with Crippen molar-refractivity contribution in [2.75, 3.05) is 17.4 Å². The molecule has 3 aromatic rings. The van der Waals surface area contributed by atoms with Crippen LogP contribution in [0.2, 0.25) is 5.02 Å². The van der Waals surface area contributed by atoms with Crippen LogP contribution in [0.15, 0.2) is 77.7 Å². The Morgan fingerprint density at radius 1 is 0.900 bits per heavy atom. The number of carbonyl (C=O) groups excluding carboxylic acids is 2. The van der Waals surface area contributed by atoms with E-state index < -0.39 is 28.5 Å². The van der Waals surface area contributed by atoms with Gasteiger partial charge in [-0.15, -0.1) is 0 Å². The van der Waals surface area contributed by atoms with Crippen LogP contribution in [0.3, 0.4) is 0 Å². The molecule has 0 aliphatic rings. The summed E-state index contributed by atoms with van der Waals surface area (Å²) in [6.07, 6.45) is 0.360. The Morgan fingerprint density at radius 2 is 1.50 bits per heavy atom. The normalized spacial score (nSPS) is 12.2. The lowest BCUT2D eigenvalue weighted by Crippen LogP contribution is -2.52. The van der Waals surface area contributed by atoms with Crippen molar-refractivity contribution in [3.05, 3.63) is 94.5 Å². The van der Waals surface area contributed by atoms with E-state index in [0.717, 1.165) is 21.0 Å². The van der Waals surface area contributed by atoms with Crippen molar-refractivity contribution < 1.29 is 18.0 Å². The van der Waals surface area contributed by atoms with Gasteiger partial charge in [0.1, 0.15) is 12.6 Å². The number of sulfonamides is 1. The third-order valence-corrected chi connectivity index (χ3v) is 8.78. The molecular formula is C31H38ClN3O4S. The predicted molar refractivity (Wildman–Crippen MR) is 161 cm³/mol. The number of nitrogens with zero attached hydrogens (tertiary/aromatic N) is 2. The molecule has 0 radical (unpaired) electrons. The van der Waals surface area contributed by atoms with Crippen LogP contribution >= 0.6 is 11.6 Å². The number of amides is 2. The SMILES string of the molecule is CCNC(=O)[C@@H](CC)N(Cc1ccc(Cl)cc1)C(=O)CN(c1ccc(C(C)C)cc1)S(=O)(=O)c1ccc(C)cc1. The predicted octanol–water partition coefficient (Wildman–Crippen LogP) is 5.91. The summed E-state index contributed by atoms with van der Waals surface area (Å²) in [6, 6.07) is 20.0. The second-order valence-corrected chi connectivity index (χ2v) is 12.3. The van der Waals surface area contributed by atoms with Crippen molar-refractivity contribution >= 4 is 39.1 Å². The smallest absolute Gasteiger partial charge is 0.264 e. The molecule has 0 aromatic heterocycles. The summed E-state index contributed by atoms with van der Waals surface area (Å²) >= 11 is 6.06. The summed E-state index contributed by atoms with van der Waals surface area (Å²) in [6.45, 7) is 9.69. The molecule has 3 aromatic carbocycles. The quantitative estimate of drug-likeness (QED) is 0.287. The van der Waals surface area contributed by atoms with Gasteiger partial charge in [0.05, 0.1) is 10.6 Å². The third kappa shape index (κ3) is 7.64. The fourth-order valence-corrected chi connectivity index (χ4v) is 5.93. The molecule has 3 rings (SSSR count). The van der Waals surface area contributed by atoms with Crippen molar-refractivity contribution in [2.45, 2.75) is 64.4 Å². The summed E-state index contributed by atoms with van der Waals surface area (Å²) in [5.41, 5.74) is 3.12. The first-order valence-corrected chi connectivity index (χ1v) is 15.3. The average molecular weight is 584 g/mol. The number of anilines is 1. The number of halogens is 1. The summed E-state index contributed by atoms with van der Waals surface area (Å²) in [4.78, 5) is 28.6. The van der Waals surface area contributed by atoms with Crippen LogP contribution in [0, 0.1) is 6.92 Å². The second kappa shape index (κ2) is 13.8. The van der Waals surface area contributed by atoms with Crippen LogP contribution in [-0.4, -0.2) is 44.3 Å². The van der Waals surface area contributed by atoms with E-state index in [2.05, 4.69) is 19.2 Å². The number of nitrogens with one attached hydrogen (secondary N) is 1. The first-order valence-electron chi connectivity index (χ1n) is 13.5. The Hall–Kier alpha value is -3.36. The van der Waals surface area contributed by atoms with E-state index in [1.54, 1.807) is 60.7 Å². The van der Waals surface area contributed by atoms with Gasteiger partial charge in [-0.1, -0.05) is 74.3 Å². The van der Waals surface area contributed by atoms with Crippen LogP contribution < -0.4 is 9.62 Å². The first kappa shape index (κ1) is 31.2. The lowest BCUT2D eigenvalue weighted by molar-refractivity contribution is -0.140. The molecular weight excluding hydrogens is 546 g/mol. The highest BCUT2D eigenvalue weighted by atomic mass is 35.5. The van der Waals surface area contributed by atoms with Gasteiger partial charge in [0.15, 0.2) is 0 Å².